The highest BCUT2D eigenvalue weighted by molar-refractivity contribution is 6.30. The van der Waals surface area contributed by atoms with Crippen LogP contribution in [0.25, 0.3) is 0 Å². The number of rotatable bonds is 4. The van der Waals surface area contributed by atoms with Crippen molar-refractivity contribution in [1.29, 1.82) is 0 Å². The lowest BCUT2D eigenvalue weighted by Crippen LogP contribution is -2.35. The van der Waals surface area contributed by atoms with Crippen LogP contribution in [-0.4, -0.2) is 15.5 Å². The molecule has 21 heavy (non-hydrogen) atoms. The van der Waals surface area contributed by atoms with Crippen LogP contribution in [0.2, 0.25) is 5.02 Å². The first-order chi connectivity index (χ1) is 9.83. The minimum absolute atomic E-state index is 0.0651. The maximum atomic E-state index is 5.92. The first-order valence-corrected chi connectivity index (χ1v) is 7.21. The number of nitrogens with one attached hydrogen (secondary N) is 1. The molecule has 0 spiro atoms. The van der Waals surface area contributed by atoms with E-state index in [0.29, 0.717) is 16.8 Å². The molecular weight excluding hydrogens is 286 g/mol. The predicted octanol–water partition coefficient (Wildman–Crippen LogP) is 4.12. The third kappa shape index (κ3) is 4.99. The summed E-state index contributed by atoms with van der Waals surface area (Å²) in [6.07, 6.45) is 3.54. The molecule has 0 atom stereocenters. The van der Waals surface area contributed by atoms with Crippen LogP contribution in [0.1, 0.15) is 31.9 Å². The van der Waals surface area contributed by atoms with Crippen molar-refractivity contribution in [2.45, 2.75) is 39.8 Å². The second-order valence-corrected chi connectivity index (χ2v) is 6.43. The summed E-state index contributed by atoms with van der Waals surface area (Å²) >= 11 is 5.92. The molecule has 0 aliphatic heterocycles. The highest BCUT2D eigenvalue weighted by Gasteiger charge is 2.09. The lowest BCUT2D eigenvalue weighted by Gasteiger charge is -2.20. The maximum Gasteiger partial charge on any atom is 0.321 e. The molecule has 1 N–H and O–H groups in total. The van der Waals surface area contributed by atoms with Crippen molar-refractivity contribution in [2.24, 2.45) is 0 Å². The van der Waals surface area contributed by atoms with E-state index in [9.17, 15) is 0 Å². The summed E-state index contributed by atoms with van der Waals surface area (Å²) in [5, 5.41) is 4.07. The van der Waals surface area contributed by atoms with Crippen molar-refractivity contribution in [3.05, 3.63) is 46.7 Å². The number of hydrogen-bond donors (Lipinski definition) is 1. The molecule has 0 saturated heterocycles. The van der Waals surface area contributed by atoms with Crippen LogP contribution < -0.4 is 10.1 Å². The van der Waals surface area contributed by atoms with Crippen LogP contribution in [-0.2, 0) is 6.54 Å². The standard InChI is InChI=1S/C16H20ClN3O/c1-11-7-13(17)5-6-14(11)21-15-18-8-12(9-19-15)10-20-16(2,3)4/h5-9,20H,10H2,1-4H3. The Morgan fingerprint density at radius 2 is 1.86 bits per heavy atom. The summed E-state index contributed by atoms with van der Waals surface area (Å²) in [7, 11) is 0. The van der Waals surface area contributed by atoms with E-state index in [1.165, 1.54) is 0 Å². The summed E-state index contributed by atoms with van der Waals surface area (Å²) in [5.74, 6) is 0.708. The Morgan fingerprint density at radius 3 is 2.43 bits per heavy atom. The Kier molecular flexibility index (Phi) is 4.80. The van der Waals surface area contributed by atoms with Crippen molar-refractivity contribution >= 4 is 11.6 Å². The van der Waals surface area contributed by atoms with E-state index in [4.69, 9.17) is 16.3 Å². The van der Waals surface area contributed by atoms with Gasteiger partial charge in [0.2, 0.25) is 0 Å². The molecule has 4 nitrogen and oxygen atoms in total. The zero-order chi connectivity index (χ0) is 15.5. The first-order valence-electron chi connectivity index (χ1n) is 6.83. The molecule has 0 amide bonds. The van der Waals surface area contributed by atoms with E-state index in [-0.39, 0.29) is 5.54 Å². The normalized spacial score (nSPS) is 11.5. The van der Waals surface area contributed by atoms with Gasteiger partial charge < -0.3 is 10.1 Å². The fraction of sp³-hybridized carbons (Fsp3) is 0.375. The number of halogens is 1. The lowest BCUT2D eigenvalue weighted by molar-refractivity contribution is 0.419. The van der Waals surface area contributed by atoms with Crippen molar-refractivity contribution in [3.63, 3.8) is 0 Å². The molecule has 0 aliphatic carbocycles. The zero-order valence-electron chi connectivity index (χ0n) is 12.8. The fourth-order valence-corrected chi connectivity index (χ4v) is 1.91. The van der Waals surface area contributed by atoms with Gasteiger partial charge in [0.1, 0.15) is 5.75 Å². The molecule has 1 aromatic carbocycles. The van der Waals surface area contributed by atoms with Crippen LogP contribution in [0, 0.1) is 6.92 Å². The zero-order valence-corrected chi connectivity index (χ0v) is 13.5. The van der Waals surface area contributed by atoms with Crippen LogP contribution >= 0.6 is 11.6 Å². The van der Waals surface area contributed by atoms with Gasteiger partial charge in [-0.1, -0.05) is 11.6 Å². The van der Waals surface area contributed by atoms with Gasteiger partial charge in [-0.2, -0.15) is 0 Å². The van der Waals surface area contributed by atoms with Gasteiger partial charge in [-0.25, -0.2) is 9.97 Å². The van der Waals surface area contributed by atoms with E-state index in [0.717, 1.165) is 17.7 Å². The van der Waals surface area contributed by atoms with Gasteiger partial charge in [-0.3, -0.25) is 0 Å². The van der Waals surface area contributed by atoms with E-state index in [2.05, 4.69) is 36.1 Å². The number of aryl methyl sites for hydroxylation is 1. The van der Waals surface area contributed by atoms with Gasteiger partial charge in [-0.15, -0.1) is 0 Å². The van der Waals surface area contributed by atoms with Gasteiger partial charge >= 0.3 is 6.01 Å². The van der Waals surface area contributed by atoms with E-state index < -0.39 is 0 Å². The molecule has 1 aromatic heterocycles. The Morgan fingerprint density at radius 1 is 1.19 bits per heavy atom. The van der Waals surface area contributed by atoms with Crippen molar-refractivity contribution in [2.75, 3.05) is 0 Å². The fourth-order valence-electron chi connectivity index (χ4n) is 1.68. The van der Waals surface area contributed by atoms with Crippen LogP contribution in [0.3, 0.4) is 0 Å². The van der Waals surface area contributed by atoms with E-state index in [1.54, 1.807) is 18.5 Å². The Labute approximate surface area is 130 Å². The molecule has 2 aromatic rings. The minimum atomic E-state index is 0.0651. The molecule has 0 saturated carbocycles. The number of benzene rings is 1. The molecule has 0 unspecified atom stereocenters. The number of nitrogens with zero attached hydrogens (tertiary/aromatic N) is 2. The SMILES string of the molecule is Cc1cc(Cl)ccc1Oc1ncc(CNC(C)(C)C)cn1. The van der Waals surface area contributed by atoms with E-state index >= 15 is 0 Å². The monoisotopic (exact) mass is 305 g/mol. The van der Waals surface area contributed by atoms with Gasteiger partial charge in [0.05, 0.1) is 0 Å². The van der Waals surface area contributed by atoms with E-state index in [1.807, 2.05) is 19.1 Å². The number of aromatic nitrogens is 2. The van der Waals surface area contributed by atoms with Crippen LogP contribution in [0.4, 0.5) is 0 Å². The van der Waals surface area contributed by atoms with Crippen molar-refractivity contribution < 1.29 is 4.74 Å². The van der Waals surface area contributed by atoms with Crippen molar-refractivity contribution in [3.8, 4) is 11.8 Å². The van der Waals surface area contributed by atoms with Gasteiger partial charge in [-0.05, 0) is 51.5 Å². The third-order valence-corrected chi connectivity index (χ3v) is 3.08. The average molecular weight is 306 g/mol. The minimum Gasteiger partial charge on any atom is -0.424 e. The number of ether oxygens (including phenoxy) is 1. The molecule has 2 rings (SSSR count). The summed E-state index contributed by atoms with van der Waals surface area (Å²) in [6.45, 7) is 9.02. The molecule has 0 fully saturated rings. The van der Waals surface area contributed by atoms with Crippen molar-refractivity contribution in [1.82, 2.24) is 15.3 Å². The molecular formula is C16H20ClN3O. The topological polar surface area (TPSA) is 47.0 Å². The predicted molar refractivity (Wildman–Crippen MR) is 84.9 cm³/mol. The molecule has 0 bridgehead atoms. The Bertz CT molecular complexity index is 606. The van der Waals surface area contributed by atoms with Gasteiger partial charge in [0.15, 0.2) is 0 Å². The largest absolute Gasteiger partial charge is 0.424 e. The van der Waals surface area contributed by atoms with Crippen LogP contribution in [0.15, 0.2) is 30.6 Å². The number of hydrogen-bond acceptors (Lipinski definition) is 4. The van der Waals surface area contributed by atoms with Gasteiger partial charge in [0.25, 0.3) is 0 Å². The molecule has 5 heteroatoms. The second-order valence-electron chi connectivity index (χ2n) is 5.99. The summed E-state index contributed by atoms with van der Waals surface area (Å²) < 4.78 is 5.66. The average Bonchev–Trinajstić information content (AvgIpc) is 2.40. The van der Waals surface area contributed by atoms with Gasteiger partial charge in [0, 0.05) is 35.1 Å². The molecule has 0 aliphatic rings. The maximum absolute atomic E-state index is 5.92. The Balaban J connectivity index is 2.02. The molecule has 1 heterocycles. The first kappa shape index (κ1) is 15.7. The second kappa shape index (κ2) is 6.41. The summed E-state index contributed by atoms with van der Waals surface area (Å²) in [5.41, 5.74) is 2.03. The van der Waals surface area contributed by atoms with Crippen LogP contribution in [0.5, 0.6) is 11.8 Å². The lowest BCUT2D eigenvalue weighted by atomic mass is 10.1. The summed E-state index contributed by atoms with van der Waals surface area (Å²) in [4.78, 5) is 8.46. The quantitative estimate of drug-likeness (QED) is 0.923. The highest BCUT2D eigenvalue weighted by Crippen LogP contribution is 2.25. The smallest absolute Gasteiger partial charge is 0.321 e. The third-order valence-electron chi connectivity index (χ3n) is 2.84. The summed E-state index contributed by atoms with van der Waals surface area (Å²) in [6, 6.07) is 5.78. The highest BCUT2D eigenvalue weighted by atomic mass is 35.5. The Hall–Kier alpha value is -1.65. The molecule has 112 valence electrons. The molecule has 0 radical (unpaired) electrons.